The summed E-state index contributed by atoms with van der Waals surface area (Å²) in [5.74, 6) is -0.0199. The molecular formula is C24H31Cl2N3O5S. The highest BCUT2D eigenvalue weighted by Gasteiger charge is 2.27. The second-order valence-corrected chi connectivity index (χ2v) is 10.7. The van der Waals surface area contributed by atoms with E-state index >= 15 is 0 Å². The van der Waals surface area contributed by atoms with Crippen LogP contribution in [0.1, 0.15) is 32.3 Å². The summed E-state index contributed by atoms with van der Waals surface area (Å²) in [5.41, 5.74) is 1.01. The molecular weight excluding hydrogens is 513 g/mol. The minimum absolute atomic E-state index is 0.0218. The first-order valence-corrected chi connectivity index (χ1v) is 13.7. The lowest BCUT2D eigenvalue weighted by Gasteiger charge is -2.30. The number of carbonyl (C=O) groups is 2. The van der Waals surface area contributed by atoms with Crippen LogP contribution in [0.5, 0.6) is 5.75 Å². The van der Waals surface area contributed by atoms with E-state index in [1.807, 2.05) is 0 Å². The SMILES string of the molecule is CCNC(=O)[C@H](C)N(Cc1c(Cl)cccc1Cl)C(=O)CCCN(c1ccc(OC)cc1)S(C)(=O)=O. The molecule has 0 aromatic heterocycles. The van der Waals surface area contributed by atoms with Gasteiger partial charge in [0.25, 0.3) is 0 Å². The molecule has 0 radical (unpaired) electrons. The Hall–Kier alpha value is -2.49. The van der Waals surface area contributed by atoms with Gasteiger partial charge >= 0.3 is 0 Å². The van der Waals surface area contributed by atoms with Gasteiger partial charge in [-0.3, -0.25) is 13.9 Å². The second kappa shape index (κ2) is 13.0. The Bertz CT molecular complexity index is 1110. The van der Waals surface area contributed by atoms with E-state index in [-0.39, 0.29) is 37.7 Å². The van der Waals surface area contributed by atoms with Gasteiger partial charge in [-0.15, -0.1) is 0 Å². The molecule has 1 atom stereocenters. The van der Waals surface area contributed by atoms with Gasteiger partial charge in [0.05, 0.1) is 19.1 Å². The summed E-state index contributed by atoms with van der Waals surface area (Å²) in [6.07, 6.45) is 1.38. The molecule has 2 aromatic carbocycles. The Kier molecular flexibility index (Phi) is 10.7. The number of hydrogen-bond donors (Lipinski definition) is 1. The fourth-order valence-corrected chi connectivity index (χ4v) is 4.99. The van der Waals surface area contributed by atoms with Gasteiger partial charge in [0, 0.05) is 41.7 Å². The molecule has 0 bridgehead atoms. The van der Waals surface area contributed by atoms with Crippen LogP contribution in [0.15, 0.2) is 42.5 Å². The maximum atomic E-state index is 13.2. The number of anilines is 1. The minimum atomic E-state index is -3.58. The molecule has 0 saturated heterocycles. The van der Waals surface area contributed by atoms with Crippen molar-refractivity contribution in [3.8, 4) is 5.75 Å². The van der Waals surface area contributed by atoms with Gasteiger partial charge in [-0.1, -0.05) is 29.3 Å². The standard InChI is InChI=1S/C24H31Cl2N3O5S/c1-5-27-24(31)17(2)28(16-20-21(25)8-6-9-22(20)26)23(30)10-7-15-29(35(4,32)33)18-11-13-19(34-3)14-12-18/h6,8-9,11-14,17H,5,7,10,15-16H2,1-4H3,(H,27,31)/t17-/m0/s1. The molecule has 0 saturated carbocycles. The molecule has 8 nitrogen and oxygen atoms in total. The van der Waals surface area contributed by atoms with E-state index in [0.29, 0.717) is 33.6 Å². The number of ether oxygens (including phenoxy) is 1. The maximum Gasteiger partial charge on any atom is 0.242 e. The lowest BCUT2D eigenvalue weighted by atomic mass is 10.1. The van der Waals surface area contributed by atoms with Crippen LogP contribution in [0.3, 0.4) is 0 Å². The van der Waals surface area contributed by atoms with Crippen molar-refractivity contribution in [1.82, 2.24) is 10.2 Å². The number of likely N-dealkylation sites (N-methyl/N-ethyl adjacent to an activating group) is 1. The number of hydrogen-bond acceptors (Lipinski definition) is 5. The first-order chi connectivity index (χ1) is 16.5. The van der Waals surface area contributed by atoms with Crippen LogP contribution in [0, 0.1) is 0 Å². The van der Waals surface area contributed by atoms with Crippen molar-refractivity contribution >= 4 is 50.7 Å². The zero-order valence-electron chi connectivity index (χ0n) is 20.3. The number of rotatable bonds is 12. The molecule has 192 valence electrons. The minimum Gasteiger partial charge on any atom is -0.497 e. The fraction of sp³-hybridized carbons (Fsp3) is 0.417. The monoisotopic (exact) mass is 543 g/mol. The number of halogens is 2. The largest absolute Gasteiger partial charge is 0.497 e. The van der Waals surface area contributed by atoms with Crippen LogP contribution < -0.4 is 14.4 Å². The Morgan fingerprint density at radius 2 is 1.69 bits per heavy atom. The molecule has 11 heteroatoms. The van der Waals surface area contributed by atoms with Crippen LogP contribution in [0.4, 0.5) is 5.69 Å². The highest BCUT2D eigenvalue weighted by atomic mass is 35.5. The van der Waals surface area contributed by atoms with E-state index < -0.39 is 16.1 Å². The summed E-state index contributed by atoms with van der Waals surface area (Å²) in [6, 6.07) is 10.9. The van der Waals surface area contributed by atoms with Crippen molar-refractivity contribution in [2.45, 2.75) is 39.3 Å². The van der Waals surface area contributed by atoms with E-state index in [0.717, 1.165) is 6.26 Å². The van der Waals surface area contributed by atoms with Crippen LogP contribution >= 0.6 is 23.2 Å². The lowest BCUT2D eigenvalue weighted by Crippen LogP contribution is -2.47. The van der Waals surface area contributed by atoms with E-state index in [4.69, 9.17) is 27.9 Å². The quantitative estimate of drug-likeness (QED) is 0.434. The predicted molar refractivity (Wildman–Crippen MR) is 140 cm³/mol. The molecule has 35 heavy (non-hydrogen) atoms. The van der Waals surface area contributed by atoms with Crippen molar-refractivity contribution in [1.29, 1.82) is 0 Å². The summed E-state index contributed by atoms with van der Waals surface area (Å²) < 4.78 is 31.2. The fourth-order valence-electron chi connectivity index (χ4n) is 3.51. The molecule has 0 aliphatic carbocycles. The third kappa shape index (κ3) is 8.02. The first-order valence-electron chi connectivity index (χ1n) is 11.1. The van der Waals surface area contributed by atoms with Gasteiger partial charge in [-0.2, -0.15) is 0 Å². The van der Waals surface area contributed by atoms with Gasteiger partial charge in [-0.05, 0) is 56.7 Å². The molecule has 0 unspecified atom stereocenters. The first kappa shape index (κ1) is 28.7. The highest BCUT2D eigenvalue weighted by molar-refractivity contribution is 7.92. The van der Waals surface area contributed by atoms with Gasteiger partial charge in [-0.25, -0.2) is 8.42 Å². The molecule has 2 amide bonds. The average molecular weight is 545 g/mol. The molecule has 0 fully saturated rings. The number of nitrogens with one attached hydrogen (secondary N) is 1. The summed E-state index contributed by atoms with van der Waals surface area (Å²) in [5, 5.41) is 3.50. The number of methoxy groups -OCH3 is 1. The van der Waals surface area contributed by atoms with Crippen molar-refractivity contribution in [2.24, 2.45) is 0 Å². The van der Waals surface area contributed by atoms with Crippen molar-refractivity contribution < 1.29 is 22.7 Å². The van der Waals surface area contributed by atoms with Crippen molar-refractivity contribution in [2.75, 3.05) is 30.8 Å². The van der Waals surface area contributed by atoms with Crippen LogP contribution in [-0.2, 0) is 26.2 Å². The molecule has 1 N–H and O–H groups in total. The molecule has 0 spiro atoms. The Morgan fingerprint density at radius 1 is 1.09 bits per heavy atom. The average Bonchev–Trinajstić information content (AvgIpc) is 2.80. The van der Waals surface area contributed by atoms with Gasteiger partial charge in [0.15, 0.2) is 0 Å². The number of nitrogens with zero attached hydrogens (tertiary/aromatic N) is 2. The van der Waals surface area contributed by atoms with Crippen molar-refractivity contribution in [3.05, 3.63) is 58.1 Å². The van der Waals surface area contributed by atoms with E-state index in [9.17, 15) is 18.0 Å². The zero-order valence-corrected chi connectivity index (χ0v) is 22.6. The number of benzene rings is 2. The van der Waals surface area contributed by atoms with Crippen LogP contribution in [0.25, 0.3) is 0 Å². The van der Waals surface area contributed by atoms with E-state index in [1.54, 1.807) is 56.3 Å². The Morgan fingerprint density at radius 3 is 2.20 bits per heavy atom. The second-order valence-electron chi connectivity index (χ2n) is 7.93. The smallest absolute Gasteiger partial charge is 0.242 e. The van der Waals surface area contributed by atoms with Crippen LogP contribution in [-0.4, -0.2) is 57.6 Å². The molecule has 0 aliphatic rings. The molecule has 0 aliphatic heterocycles. The number of amides is 2. The normalized spacial score (nSPS) is 12.1. The molecule has 2 rings (SSSR count). The van der Waals surface area contributed by atoms with Gasteiger partial charge in [0.2, 0.25) is 21.8 Å². The zero-order chi connectivity index (χ0) is 26.2. The Labute approximate surface area is 217 Å². The summed E-state index contributed by atoms with van der Waals surface area (Å²) in [6.45, 7) is 3.98. The number of sulfonamides is 1. The third-order valence-corrected chi connectivity index (χ3v) is 7.32. The van der Waals surface area contributed by atoms with Crippen LogP contribution in [0.2, 0.25) is 10.0 Å². The highest BCUT2D eigenvalue weighted by Crippen LogP contribution is 2.27. The summed E-state index contributed by atoms with van der Waals surface area (Å²) in [7, 11) is -2.06. The molecule has 0 heterocycles. The lowest BCUT2D eigenvalue weighted by molar-refractivity contribution is -0.140. The summed E-state index contributed by atoms with van der Waals surface area (Å²) in [4.78, 5) is 27.2. The molecule has 2 aromatic rings. The van der Waals surface area contributed by atoms with Gasteiger partial charge < -0.3 is 15.0 Å². The maximum absolute atomic E-state index is 13.2. The Balaban J connectivity index is 2.20. The van der Waals surface area contributed by atoms with E-state index in [1.165, 1.54) is 16.3 Å². The summed E-state index contributed by atoms with van der Waals surface area (Å²) >= 11 is 12.6. The number of carbonyl (C=O) groups excluding carboxylic acids is 2. The third-order valence-electron chi connectivity index (χ3n) is 5.42. The van der Waals surface area contributed by atoms with Crippen molar-refractivity contribution in [3.63, 3.8) is 0 Å². The van der Waals surface area contributed by atoms with Gasteiger partial charge in [0.1, 0.15) is 11.8 Å². The van der Waals surface area contributed by atoms with E-state index in [2.05, 4.69) is 5.32 Å². The predicted octanol–water partition coefficient (Wildman–Crippen LogP) is 4.10. The topological polar surface area (TPSA) is 96.0 Å².